The van der Waals surface area contributed by atoms with E-state index >= 15 is 0 Å². The van der Waals surface area contributed by atoms with Crippen molar-refractivity contribution in [2.75, 3.05) is 0 Å². The monoisotopic (exact) mass is 300 g/mol. The minimum atomic E-state index is -0.120. The number of hydrogen-bond donors (Lipinski definition) is 2. The van der Waals surface area contributed by atoms with Crippen LogP contribution in [-0.2, 0) is 0 Å². The second-order valence-electron chi connectivity index (χ2n) is 3.30. The fourth-order valence-corrected chi connectivity index (χ4v) is 2.13. The van der Waals surface area contributed by atoms with Gasteiger partial charge in [0.25, 0.3) is 0 Å². The molecule has 3 N–H and O–H groups in total. The van der Waals surface area contributed by atoms with Crippen LogP contribution in [0.25, 0.3) is 0 Å². The highest BCUT2D eigenvalue weighted by Crippen LogP contribution is 2.29. The van der Waals surface area contributed by atoms with Gasteiger partial charge in [-0.25, -0.2) is 5.43 Å². The summed E-state index contributed by atoms with van der Waals surface area (Å²) in [7, 11) is 0. The Morgan fingerprint density at radius 2 is 1.94 bits per heavy atom. The fourth-order valence-electron chi connectivity index (χ4n) is 1.53. The SMILES string of the molecule is NNC(c1ccc(Cl)cc1)c1ccoc1Br. The Hall–Kier alpha value is -0.810. The van der Waals surface area contributed by atoms with Gasteiger partial charge in [0.05, 0.1) is 12.3 Å². The molecule has 0 radical (unpaired) electrons. The van der Waals surface area contributed by atoms with Gasteiger partial charge in [0, 0.05) is 10.6 Å². The predicted octanol–water partition coefficient (Wildman–Crippen LogP) is 3.25. The molecular formula is C11H10BrClN2O. The molecule has 1 aromatic carbocycles. The number of furan rings is 1. The van der Waals surface area contributed by atoms with E-state index in [2.05, 4.69) is 21.4 Å². The largest absolute Gasteiger partial charge is 0.457 e. The first-order valence-corrected chi connectivity index (χ1v) is 5.84. The van der Waals surface area contributed by atoms with Gasteiger partial charge in [-0.15, -0.1) is 0 Å². The first-order valence-electron chi connectivity index (χ1n) is 4.67. The molecule has 0 saturated heterocycles. The van der Waals surface area contributed by atoms with Crippen molar-refractivity contribution >= 4 is 27.5 Å². The van der Waals surface area contributed by atoms with Gasteiger partial charge >= 0.3 is 0 Å². The summed E-state index contributed by atoms with van der Waals surface area (Å²) in [6, 6.07) is 9.25. The summed E-state index contributed by atoms with van der Waals surface area (Å²) < 4.78 is 5.86. The van der Waals surface area contributed by atoms with E-state index in [4.69, 9.17) is 21.9 Å². The van der Waals surface area contributed by atoms with Crippen molar-refractivity contribution in [3.05, 3.63) is 57.4 Å². The van der Waals surface area contributed by atoms with E-state index in [1.807, 2.05) is 30.3 Å². The molecule has 1 unspecified atom stereocenters. The van der Waals surface area contributed by atoms with Crippen molar-refractivity contribution in [3.8, 4) is 0 Å². The quantitative estimate of drug-likeness (QED) is 0.676. The molecule has 0 bridgehead atoms. The zero-order chi connectivity index (χ0) is 11.5. The zero-order valence-corrected chi connectivity index (χ0v) is 10.6. The molecule has 1 heterocycles. The Morgan fingerprint density at radius 1 is 1.25 bits per heavy atom. The van der Waals surface area contributed by atoms with Crippen LogP contribution in [0.3, 0.4) is 0 Å². The summed E-state index contributed by atoms with van der Waals surface area (Å²) in [5, 5.41) is 0.700. The Bertz CT molecular complexity index is 469. The molecule has 0 aliphatic rings. The van der Waals surface area contributed by atoms with Crippen molar-refractivity contribution in [2.45, 2.75) is 6.04 Å². The van der Waals surface area contributed by atoms with Gasteiger partial charge < -0.3 is 4.42 Å². The topological polar surface area (TPSA) is 51.2 Å². The number of hydrazine groups is 1. The second-order valence-corrected chi connectivity index (χ2v) is 4.46. The van der Waals surface area contributed by atoms with E-state index in [1.54, 1.807) is 6.26 Å². The summed E-state index contributed by atoms with van der Waals surface area (Å²) in [6.45, 7) is 0. The lowest BCUT2D eigenvalue weighted by Crippen LogP contribution is -2.28. The average molecular weight is 302 g/mol. The zero-order valence-electron chi connectivity index (χ0n) is 8.28. The highest BCUT2D eigenvalue weighted by molar-refractivity contribution is 9.10. The van der Waals surface area contributed by atoms with Crippen molar-refractivity contribution < 1.29 is 4.42 Å². The Morgan fingerprint density at radius 3 is 2.44 bits per heavy atom. The second kappa shape index (κ2) is 5.01. The lowest BCUT2D eigenvalue weighted by Gasteiger charge is -2.15. The Balaban J connectivity index is 2.37. The molecule has 2 aromatic rings. The maximum atomic E-state index is 5.84. The molecule has 16 heavy (non-hydrogen) atoms. The van der Waals surface area contributed by atoms with E-state index in [0.717, 1.165) is 11.1 Å². The molecule has 1 atom stereocenters. The third-order valence-electron chi connectivity index (χ3n) is 2.33. The van der Waals surface area contributed by atoms with Gasteiger partial charge in [-0.1, -0.05) is 23.7 Å². The van der Waals surface area contributed by atoms with E-state index in [1.165, 1.54) is 0 Å². The molecule has 0 saturated carbocycles. The standard InChI is InChI=1S/C11H10BrClN2O/c12-11-9(5-6-16-11)10(15-14)7-1-3-8(13)4-2-7/h1-6,10,15H,14H2. The molecule has 3 nitrogen and oxygen atoms in total. The first-order chi connectivity index (χ1) is 7.72. The molecular weight excluding hydrogens is 291 g/mol. The average Bonchev–Trinajstić information content (AvgIpc) is 2.69. The van der Waals surface area contributed by atoms with Gasteiger partial charge in [-0.2, -0.15) is 0 Å². The van der Waals surface area contributed by atoms with E-state index < -0.39 is 0 Å². The minimum absolute atomic E-state index is 0.120. The summed E-state index contributed by atoms with van der Waals surface area (Å²) in [5.74, 6) is 5.56. The van der Waals surface area contributed by atoms with Crippen molar-refractivity contribution in [2.24, 2.45) is 5.84 Å². The molecule has 0 aliphatic heterocycles. The lowest BCUT2D eigenvalue weighted by atomic mass is 10.0. The summed E-state index contributed by atoms with van der Waals surface area (Å²) in [4.78, 5) is 0. The van der Waals surface area contributed by atoms with Crippen LogP contribution in [0, 0.1) is 0 Å². The van der Waals surface area contributed by atoms with Crippen LogP contribution in [0.15, 0.2) is 45.7 Å². The van der Waals surface area contributed by atoms with E-state index in [9.17, 15) is 0 Å². The Labute approximate surface area is 107 Å². The van der Waals surface area contributed by atoms with Crippen molar-refractivity contribution in [3.63, 3.8) is 0 Å². The van der Waals surface area contributed by atoms with Crippen LogP contribution in [0.4, 0.5) is 0 Å². The number of rotatable bonds is 3. The van der Waals surface area contributed by atoms with E-state index in [-0.39, 0.29) is 6.04 Å². The molecule has 5 heteroatoms. The van der Waals surface area contributed by atoms with Crippen molar-refractivity contribution in [1.29, 1.82) is 0 Å². The maximum absolute atomic E-state index is 5.84. The Kier molecular flexibility index (Phi) is 3.66. The lowest BCUT2D eigenvalue weighted by molar-refractivity contribution is 0.527. The molecule has 0 aliphatic carbocycles. The van der Waals surface area contributed by atoms with Crippen LogP contribution in [-0.4, -0.2) is 0 Å². The highest BCUT2D eigenvalue weighted by atomic mass is 79.9. The van der Waals surface area contributed by atoms with Crippen LogP contribution in [0.1, 0.15) is 17.2 Å². The number of nitrogens with one attached hydrogen (secondary N) is 1. The van der Waals surface area contributed by atoms with Crippen LogP contribution in [0.2, 0.25) is 5.02 Å². The van der Waals surface area contributed by atoms with Crippen LogP contribution < -0.4 is 11.3 Å². The number of benzene rings is 1. The van der Waals surface area contributed by atoms with Crippen molar-refractivity contribution in [1.82, 2.24) is 5.43 Å². The molecule has 0 amide bonds. The summed E-state index contributed by atoms with van der Waals surface area (Å²) in [5.41, 5.74) is 4.72. The summed E-state index contributed by atoms with van der Waals surface area (Å²) in [6.07, 6.45) is 1.61. The van der Waals surface area contributed by atoms with E-state index in [0.29, 0.717) is 9.69 Å². The highest BCUT2D eigenvalue weighted by Gasteiger charge is 2.17. The van der Waals surface area contributed by atoms with Gasteiger partial charge in [-0.3, -0.25) is 5.84 Å². The van der Waals surface area contributed by atoms with Gasteiger partial charge in [-0.05, 0) is 39.7 Å². The third-order valence-corrected chi connectivity index (χ3v) is 3.22. The predicted molar refractivity (Wildman–Crippen MR) is 67.0 cm³/mol. The van der Waals surface area contributed by atoms with Gasteiger partial charge in [0.15, 0.2) is 4.67 Å². The maximum Gasteiger partial charge on any atom is 0.174 e. The normalized spacial score (nSPS) is 12.7. The minimum Gasteiger partial charge on any atom is -0.457 e. The molecule has 0 spiro atoms. The molecule has 2 rings (SSSR count). The molecule has 0 fully saturated rings. The van der Waals surface area contributed by atoms with Crippen LogP contribution in [0.5, 0.6) is 0 Å². The summed E-state index contributed by atoms with van der Waals surface area (Å²) >= 11 is 9.17. The fraction of sp³-hybridized carbons (Fsp3) is 0.0909. The molecule has 1 aromatic heterocycles. The van der Waals surface area contributed by atoms with Gasteiger partial charge in [0.2, 0.25) is 0 Å². The smallest absolute Gasteiger partial charge is 0.174 e. The number of halogens is 2. The van der Waals surface area contributed by atoms with Gasteiger partial charge in [0.1, 0.15) is 0 Å². The number of hydrogen-bond acceptors (Lipinski definition) is 3. The van der Waals surface area contributed by atoms with Crippen LogP contribution >= 0.6 is 27.5 Å². The number of nitrogens with two attached hydrogens (primary N) is 1. The first kappa shape index (κ1) is 11.7. The third kappa shape index (κ3) is 2.30. The molecule has 84 valence electrons.